The minimum atomic E-state index is 0.283. The van der Waals surface area contributed by atoms with E-state index < -0.39 is 0 Å². The molecule has 2 aromatic rings. The number of hydrogen-bond donors (Lipinski definition) is 1. The van der Waals surface area contributed by atoms with Crippen molar-refractivity contribution < 1.29 is 5.11 Å². The summed E-state index contributed by atoms with van der Waals surface area (Å²) in [6, 6.07) is 7.56. The van der Waals surface area contributed by atoms with Crippen LogP contribution < -0.4 is 0 Å². The molecule has 1 saturated heterocycles. The summed E-state index contributed by atoms with van der Waals surface area (Å²) in [6.45, 7) is 3.23. The van der Waals surface area contributed by atoms with E-state index in [0.29, 0.717) is 10.9 Å². The monoisotopic (exact) mass is 320 g/mol. The van der Waals surface area contributed by atoms with Gasteiger partial charge in [-0.1, -0.05) is 16.8 Å². The highest BCUT2D eigenvalue weighted by Gasteiger charge is 2.20. The number of aliphatic hydroxyl groups is 1. The van der Waals surface area contributed by atoms with E-state index in [9.17, 15) is 0 Å². The summed E-state index contributed by atoms with van der Waals surface area (Å²) in [5.74, 6) is 0.602. The zero-order valence-electron chi connectivity index (χ0n) is 12.5. The number of hydrogen-bond acceptors (Lipinski definition) is 4. The SMILES string of the molecule is OCC[C@@H]1CCCN(Cc2cn(-c3ccc(Cl)cc3)nn2)C1. The van der Waals surface area contributed by atoms with Gasteiger partial charge in [0.1, 0.15) is 0 Å². The first kappa shape index (κ1) is 15.5. The molecule has 1 N–H and O–H groups in total. The smallest absolute Gasteiger partial charge is 0.0971 e. The molecule has 1 aliphatic rings. The second-order valence-electron chi connectivity index (χ2n) is 5.89. The van der Waals surface area contributed by atoms with E-state index in [0.717, 1.165) is 37.4 Å². The maximum absolute atomic E-state index is 9.09. The van der Waals surface area contributed by atoms with Gasteiger partial charge in [-0.3, -0.25) is 4.90 Å². The fourth-order valence-corrected chi connectivity index (χ4v) is 3.16. The lowest BCUT2D eigenvalue weighted by Gasteiger charge is -2.31. The predicted octanol–water partition coefficient (Wildman–Crippen LogP) is 2.52. The minimum absolute atomic E-state index is 0.283. The summed E-state index contributed by atoms with van der Waals surface area (Å²) in [7, 11) is 0. The van der Waals surface area contributed by atoms with E-state index >= 15 is 0 Å². The first-order chi connectivity index (χ1) is 10.7. The zero-order valence-corrected chi connectivity index (χ0v) is 13.3. The van der Waals surface area contributed by atoms with Crippen molar-refractivity contribution in [3.8, 4) is 5.69 Å². The molecular weight excluding hydrogens is 300 g/mol. The maximum atomic E-state index is 9.09. The average molecular weight is 321 g/mol. The van der Waals surface area contributed by atoms with Gasteiger partial charge in [0.05, 0.1) is 17.6 Å². The Kier molecular flexibility index (Phi) is 5.08. The number of benzene rings is 1. The molecule has 0 bridgehead atoms. The topological polar surface area (TPSA) is 54.2 Å². The van der Waals surface area contributed by atoms with Gasteiger partial charge in [-0.25, -0.2) is 4.68 Å². The highest BCUT2D eigenvalue weighted by atomic mass is 35.5. The van der Waals surface area contributed by atoms with Crippen LogP contribution in [0.1, 0.15) is 25.0 Å². The van der Waals surface area contributed by atoms with E-state index in [1.807, 2.05) is 30.5 Å². The van der Waals surface area contributed by atoms with Crippen LogP contribution in [0.15, 0.2) is 30.5 Å². The molecule has 1 aromatic heterocycles. The van der Waals surface area contributed by atoms with Gasteiger partial charge in [-0.2, -0.15) is 0 Å². The van der Waals surface area contributed by atoms with Crippen LogP contribution in [0.5, 0.6) is 0 Å². The third-order valence-corrected chi connectivity index (χ3v) is 4.41. The third-order valence-electron chi connectivity index (χ3n) is 4.16. The van der Waals surface area contributed by atoms with Crippen LogP contribution >= 0.6 is 11.6 Å². The number of likely N-dealkylation sites (tertiary alicyclic amines) is 1. The predicted molar refractivity (Wildman–Crippen MR) is 86.1 cm³/mol. The molecule has 118 valence electrons. The summed E-state index contributed by atoms with van der Waals surface area (Å²) in [5.41, 5.74) is 1.93. The molecule has 0 spiro atoms. The van der Waals surface area contributed by atoms with Gasteiger partial charge in [0, 0.05) is 24.7 Å². The Morgan fingerprint density at radius 1 is 1.27 bits per heavy atom. The molecule has 22 heavy (non-hydrogen) atoms. The van der Waals surface area contributed by atoms with Gasteiger partial charge in [-0.15, -0.1) is 5.10 Å². The molecule has 0 saturated carbocycles. The van der Waals surface area contributed by atoms with Crippen molar-refractivity contribution in [2.24, 2.45) is 5.92 Å². The van der Waals surface area contributed by atoms with Crippen molar-refractivity contribution in [3.05, 3.63) is 41.2 Å². The fourth-order valence-electron chi connectivity index (χ4n) is 3.03. The first-order valence-electron chi connectivity index (χ1n) is 7.75. The van der Waals surface area contributed by atoms with Crippen molar-refractivity contribution in [2.75, 3.05) is 19.7 Å². The van der Waals surface area contributed by atoms with E-state index in [2.05, 4.69) is 15.2 Å². The molecule has 1 fully saturated rings. The minimum Gasteiger partial charge on any atom is -0.396 e. The summed E-state index contributed by atoms with van der Waals surface area (Å²) < 4.78 is 1.78. The van der Waals surface area contributed by atoms with Crippen LogP contribution in [0.2, 0.25) is 5.02 Å². The van der Waals surface area contributed by atoms with Gasteiger partial charge in [0.2, 0.25) is 0 Å². The lowest BCUT2D eigenvalue weighted by Crippen LogP contribution is -2.35. The Labute approximate surface area is 135 Å². The highest BCUT2D eigenvalue weighted by Crippen LogP contribution is 2.20. The van der Waals surface area contributed by atoms with Crippen molar-refractivity contribution >= 4 is 11.6 Å². The fraction of sp³-hybridized carbons (Fsp3) is 0.500. The van der Waals surface area contributed by atoms with Gasteiger partial charge >= 0.3 is 0 Å². The lowest BCUT2D eigenvalue weighted by atomic mass is 9.95. The van der Waals surface area contributed by atoms with Gasteiger partial charge in [0.25, 0.3) is 0 Å². The van der Waals surface area contributed by atoms with Crippen LogP contribution in [0.4, 0.5) is 0 Å². The molecule has 6 heteroatoms. The molecule has 0 aliphatic carbocycles. The summed E-state index contributed by atoms with van der Waals surface area (Å²) in [6.07, 6.45) is 5.28. The molecule has 0 radical (unpaired) electrons. The molecule has 5 nitrogen and oxygen atoms in total. The number of aromatic nitrogens is 3. The first-order valence-corrected chi connectivity index (χ1v) is 8.13. The summed E-state index contributed by atoms with van der Waals surface area (Å²) in [4.78, 5) is 2.40. The Bertz CT molecular complexity index is 596. The van der Waals surface area contributed by atoms with Crippen molar-refractivity contribution in [1.82, 2.24) is 19.9 Å². The van der Waals surface area contributed by atoms with E-state index in [-0.39, 0.29) is 6.61 Å². The largest absolute Gasteiger partial charge is 0.396 e. The van der Waals surface area contributed by atoms with E-state index in [4.69, 9.17) is 16.7 Å². The summed E-state index contributed by atoms with van der Waals surface area (Å²) in [5, 5.41) is 18.3. The molecule has 2 heterocycles. The molecular formula is C16H21ClN4O. The van der Waals surface area contributed by atoms with Crippen LogP contribution in [0.25, 0.3) is 5.69 Å². The van der Waals surface area contributed by atoms with Crippen LogP contribution in [0, 0.1) is 5.92 Å². The average Bonchev–Trinajstić information content (AvgIpc) is 2.97. The molecule has 0 amide bonds. The molecule has 1 aliphatic heterocycles. The quantitative estimate of drug-likeness (QED) is 0.919. The standard InChI is InChI=1S/C16H21ClN4O/c17-14-3-5-16(6-4-14)21-12-15(18-19-21)11-20-8-1-2-13(10-20)7-9-22/h3-6,12-13,22H,1-2,7-11H2/t13-/m0/s1. The number of nitrogens with zero attached hydrogens (tertiary/aromatic N) is 4. The Balaban J connectivity index is 1.63. The maximum Gasteiger partial charge on any atom is 0.0971 e. The second-order valence-corrected chi connectivity index (χ2v) is 6.32. The Hall–Kier alpha value is -1.43. The van der Waals surface area contributed by atoms with Crippen LogP contribution in [-0.2, 0) is 6.54 Å². The Morgan fingerprint density at radius 2 is 2.09 bits per heavy atom. The molecule has 1 atom stereocenters. The van der Waals surface area contributed by atoms with Crippen molar-refractivity contribution in [2.45, 2.75) is 25.8 Å². The van der Waals surface area contributed by atoms with E-state index in [1.165, 1.54) is 12.8 Å². The summed E-state index contributed by atoms with van der Waals surface area (Å²) >= 11 is 5.90. The number of aliphatic hydroxyl groups excluding tert-OH is 1. The van der Waals surface area contributed by atoms with Gasteiger partial charge < -0.3 is 5.11 Å². The highest BCUT2D eigenvalue weighted by molar-refractivity contribution is 6.30. The van der Waals surface area contributed by atoms with Crippen LogP contribution in [-0.4, -0.2) is 44.7 Å². The molecule has 3 rings (SSSR count). The zero-order chi connectivity index (χ0) is 15.4. The lowest BCUT2D eigenvalue weighted by molar-refractivity contribution is 0.141. The third kappa shape index (κ3) is 3.85. The Morgan fingerprint density at radius 3 is 2.86 bits per heavy atom. The second kappa shape index (κ2) is 7.22. The van der Waals surface area contributed by atoms with Gasteiger partial charge in [-0.05, 0) is 56.0 Å². The van der Waals surface area contributed by atoms with Gasteiger partial charge in [0.15, 0.2) is 0 Å². The van der Waals surface area contributed by atoms with Crippen molar-refractivity contribution in [3.63, 3.8) is 0 Å². The normalized spacial score (nSPS) is 19.5. The van der Waals surface area contributed by atoms with E-state index in [1.54, 1.807) is 4.68 Å². The number of rotatable bonds is 5. The molecule has 1 aromatic carbocycles. The number of piperidine rings is 1. The van der Waals surface area contributed by atoms with Crippen molar-refractivity contribution in [1.29, 1.82) is 0 Å². The number of halogens is 1. The molecule has 0 unspecified atom stereocenters. The van der Waals surface area contributed by atoms with Crippen LogP contribution in [0.3, 0.4) is 0 Å².